The minimum atomic E-state index is -0.602. The van der Waals surface area contributed by atoms with Gasteiger partial charge in [0, 0.05) is 18.5 Å². The first-order valence-corrected chi connectivity index (χ1v) is 14.9. The highest BCUT2D eigenvalue weighted by Gasteiger charge is 2.35. The van der Waals surface area contributed by atoms with E-state index in [2.05, 4.69) is 24.1 Å². The van der Waals surface area contributed by atoms with Gasteiger partial charge in [0.05, 0.1) is 36.3 Å². The van der Waals surface area contributed by atoms with Crippen molar-refractivity contribution in [3.05, 3.63) is 30.9 Å². The summed E-state index contributed by atoms with van der Waals surface area (Å²) in [5.41, 5.74) is 8.62. The molecule has 0 spiro atoms. The number of hydrogen-bond donors (Lipinski definition) is 3. The number of methoxy groups -OCH3 is 1. The SMILES string of the molecule is C=C[C@H](C)C(CNC(=O)[C@@H](N)C(C)(C)C)OC1Nc2cc(OC)ccc2N=C1CCCCCC1C[C@@H]1CCC. The van der Waals surface area contributed by atoms with Crippen LogP contribution in [0.1, 0.15) is 86.0 Å². The third-order valence-corrected chi connectivity index (χ3v) is 8.26. The standard InChI is InChI=1S/C32H52N4O3/c1-8-13-22-18-23(22)14-11-10-12-15-26-31(36-27-19-24(38-7)16-17-25(27)35-26)39-28(21(3)9-2)20-34-30(37)29(33)32(4,5)6/h9,16-17,19,21-23,28-29,31,36H,2,8,10-15,18,20,33H2,1,3-7H3,(H,34,37)/t21-,22-,23?,28?,29+,31?/m0/s1. The summed E-state index contributed by atoms with van der Waals surface area (Å²) >= 11 is 0. The van der Waals surface area contributed by atoms with Crippen LogP contribution in [0, 0.1) is 23.2 Å². The number of ether oxygens (including phenoxy) is 2. The molecule has 3 unspecified atom stereocenters. The second kappa shape index (κ2) is 14.3. The van der Waals surface area contributed by atoms with Gasteiger partial charge in [-0.15, -0.1) is 6.58 Å². The van der Waals surface area contributed by atoms with Crippen molar-refractivity contribution in [3.63, 3.8) is 0 Å². The number of nitrogens with one attached hydrogen (secondary N) is 2. The van der Waals surface area contributed by atoms with Crippen LogP contribution in [0.3, 0.4) is 0 Å². The van der Waals surface area contributed by atoms with Crippen LogP contribution in [0.25, 0.3) is 0 Å². The lowest BCUT2D eigenvalue weighted by Gasteiger charge is -2.33. The van der Waals surface area contributed by atoms with Crippen molar-refractivity contribution in [3.8, 4) is 5.75 Å². The molecule has 1 saturated carbocycles. The van der Waals surface area contributed by atoms with Gasteiger partial charge in [-0.05, 0) is 48.6 Å². The number of fused-ring (bicyclic) bond motifs is 1. The van der Waals surface area contributed by atoms with Crippen molar-refractivity contribution in [2.24, 2.45) is 33.9 Å². The number of anilines is 1. The lowest BCUT2D eigenvalue weighted by Crippen LogP contribution is -2.51. The normalized spacial score (nSPS) is 22.5. The first kappa shape index (κ1) is 31.2. The number of rotatable bonds is 16. The Kier molecular flexibility index (Phi) is 11.4. The predicted octanol–water partition coefficient (Wildman–Crippen LogP) is 6.60. The molecule has 1 heterocycles. The maximum absolute atomic E-state index is 12.7. The molecule has 1 aliphatic heterocycles. The highest BCUT2D eigenvalue weighted by atomic mass is 16.5. The van der Waals surface area contributed by atoms with E-state index in [0.717, 1.165) is 47.5 Å². The molecular weight excluding hydrogens is 488 g/mol. The summed E-state index contributed by atoms with van der Waals surface area (Å²) in [6.45, 7) is 14.5. The molecule has 3 rings (SSSR count). The zero-order valence-corrected chi connectivity index (χ0v) is 25.1. The van der Waals surface area contributed by atoms with E-state index in [1.54, 1.807) is 7.11 Å². The average molecular weight is 541 g/mol. The maximum Gasteiger partial charge on any atom is 0.237 e. The van der Waals surface area contributed by atoms with Crippen LogP contribution in [-0.4, -0.2) is 43.6 Å². The summed E-state index contributed by atoms with van der Waals surface area (Å²) in [5, 5.41) is 6.56. The smallest absolute Gasteiger partial charge is 0.237 e. The molecule has 1 aromatic carbocycles. The van der Waals surface area contributed by atoms with Crippen LogP contribution in [0.2, 0.25) is 0 Å². The fourth-order valence-corrected chi connectivity index (χ4v) is 5.26. The number of amides is 1. The number of hydrogen-bond acceptors (Lipinski definition) is 6. The van der Waals surface area contributed by atoms with Gasteiger partial charge in [0.25, 0.3) is 0 Å². The maximum atomic E-state index is 12.7. The van der Waals surface area contributed by atoms with Crippen molar-refractivity contribution >= 4 is 23.0 Å². The average Bonchev–Trinajstić information content (AvgIpc) is 3.66. The van der Waals surface area contributed by atoms with Gasteiger partial charge in [0.2, 0.25) is 5.91 Å². The Morgan fingerprint density at radius 2 is 2.00 bits per heavy atom. The zero-order valence-electron chi connectivity index (χ0n) is 25.1. The van der Waals surface area contributed by atoms with Crippen molar-refractivity contribution in [2.75, 3.05) is 19.0 Å². The van der Waals surface area contributed by atoms with Crippen LogP contribution in [0.5, 0.6) is 5.75 Å². The minimum absolute atomic E-state index is 0.0144. The van der Waals surface area contributed by atoms with Gasteiger partial charge in [-0.3, -0.25) is 9.79 Å². The van der Waals surface area contributed by atoms with Crippen molar-refractivity contribution in [2.45, 2.75) is 104 Å². The van der Waals surface area contributed by atoms with E-state index in [-0.39, 0.29) is 23.3 Å². The van der Waals surface area contributed by atoms with E-state index in [0.29, 0.717) is 6.54 Å². The third kappa shape index (κ3) is 9.07. The first-order chi connectivity index (χ1) is 18.6. The second-order valence-electron chi connectivity index (χ2n) is 12.5. The van der Waals surface area contributed by atoms with E-state index >= 15 is 0 Å². The molecule has 2 aliphatic rings. The van der Waals surface area contributed by atoms with Gasteiger partial charge in [-0.1, -0.05) is 72.8 Å². The van der Waals surface area contributed by atoms with Crippen LogP contribution >= 0.6 is 0 Å². The monoisotopic (exact) mass is 540 g/mol. The number of nitrogens with zero attached hydrogens (tertiary/aromatic N) is 1. The number of benzene rings is 1. The molecular formula is C32H52N4O3. The van der Waals surface area contributed by atoms with Crippen molar-refractivity contribution in [1.82, 2.24) is 5.32 Å². The van der Waals surface area contributed by atoms with Gasteiger partial charge in [0.1, 0.15) is 5.75 Å². The summed E-state index contributed by atoms with van der Waals surface area (Å²) in [6, 6.07) is 5.26. The summed E-state index contributed by atoms with van der Waals surface area (Å²) < 4.78 is 12.1. The van der Waals surface area contributed by atoms with Crippen molar-refractivity contribution < 1.29 is 14.3 Å². The molecule has 1 fully saturated rings. The quantitative estimate of drug-likeness (QED) is 0.162. The largest absolute Gasteiger partial charge is 0.497 e. The van der Waals surface area contributed by atoms with Gasteiger partial charge in [0.15, 0.2) is 6.23 Å². The van der Waals surface area contributed by atoms with E-state index in [1.807, 2.05) is 52.0 Å². The number of carbonyl (C=O) groups excluding carboxylic acids is 1. The molecule has 0 bridgehead atoms. The van der Waals surface area contributed by atoms with Crippen LogP contribution < -0.4 is 21.1 Å². The molecule has 0 radical (unpaired) electrons. The lowest BCUT2D eigenvalue weighted by atomic mass is 9.87. The van der Waals surface area contributed by atoms with Gasteiger partial charge < -0.3 is 25.8 Å². The highest BCUT2D eigenvalue weighted by Crippen LogP contribution is 2.45. The van der Waals surface area contributed by atoms with Gasteiger partial charge >= 0.3 is 0 Å². The Bertz CT molecular complexity index is 986. The Balaban J connectivity index is 1.66. The van der Waals surface area contributed by atoms with Gasteiger partial charge in [-0.25, -0.2) is 0 Å². The first-order valence-electron chi connectivity index (χ1n) is 14.9. The Morgan fingerprint density at radius 1 is 1.26 bits per heavy atom. The molecule has 1 aromatic rings. The second-order valence-corrected chi connectivity index (χ2v) is 12.5. The van der Waals surface area contributed by atoms with Crippen LogP contribution in [0.15, 0.2) is 35.8 Å². The topological polar surface area (TPSA) is 98.0 Å². The molecule has 1 aliphatic carbocycles. The summed E-state index contributed by atoms with van der Waals surface area (Å²) in [6.07, 6.45) is 11.1. The summed E-state index contributed by atoms with van der Waals surface area (Å²) in [4.78, 5) is 17.8. The number of carbonyl (C=O) groups is 1. The molecule has 1 amide bonds. The highest BCUT2D eigenvalue weighted by molar-refractivity contribution is 5.97. The van der Waals surface area contributed by atoms with Crippen LogP contribution in [-0.2, 0) is 9.53 Å². The predicted molar refractivity (Wildman–Crippen MR) is 162 cm³/mol. The summed E-state index contributed by atoms with van der Waals surface area (Å²) in [7, 11) is 1.66. The van der Waals surface area contributed by atoms with E-state index in [4.69, 9.17) is 20.2 Å². The Hall–Kier alpha value is -2.38. The third-order valence-electron chi connectivity index (χ3n) is 8.26. The lowest BCUT2D eigenvalue weighted by molar-refractivity contribution is -0.125. The minimum Gasteiger partial charge on any atom is -0.497 e. The zero-order chi connectivity index (χ0) is 28.6. The molecule has 7 heteroatoms. The van der Waals surface area contributed by atoms with Crippen molar-refractivity contribution in [1.29, 1.82) is 0 Å². The number of nitrogens with two attached hydrogens (primary N) is 1. The van der Waals surface area contributed by atoms with E-state index in [1.165, 1.54) is 38.5 Å². The Labute approximate surface area is 236 Å². The molecule has 0 aromatic heterocycles. The number of aliphatic imine (C=N–C) groups is 1. The number of unbranched alkanes of at least 4 members (excludes halogenated alkanes) is 2. The van der Waals surface area contributed by atoms with E-state index < -0.39 is 12.3 Å². The fraction of sp³-hybridized carbons (Fsp3) is 0.688. The molecule has 39 heavy (non-hydrogen) atoms. The molecule has 218 valence electrons. The van der Waals surface area contributed by atoms with Gasteiger partial charge in [-0.2, -0.15) is 0 Å². The summed E-state index contributed by atoms with van der Waals surface area (Å²) in [5.74, 6) is 2.54. The molecule has 7 nitrogen and oxygen atoms in total. The Morgan fingerprint density at radius 3 is 2.67 bits per heavy atom. The molecule has 6 atom stereocenters. The molecule has 4 N–H and O–H groups in total. The molecule has 0 saturated heterocycles. The van der Waals surface area contributed by atoms with Crippen LogP contribution in [0.4, 0.5) is 11.4 Å². The fourth-order valence-electron chi connectivity index (χ4n) is 5.26. The van der Waals surface area contributed by atoms with E-state index in [9.17, 15) is 4.79 Å².